The molecule has 0 bridgehead atoms. The van der Waals surface area contributed by atoms with Crippen LogP contribution in [0.4, 0.5) is 4.79 Å². The standard InChI is InChI=1S/C20H13NO4S/c1-21-19(23)18(26-20(21)24)10-12-5-4-6-13(9-12)17-11-15(22)14-7-2-3-8-16(14)25-17/h2-11H,1H3/b18-10+. The normalized spacial score (nSPS) is 16.0. The Bertz CT molecular complexity index is 1150. The molecule has 6 heteroatoms. The first-order valence-corrected chi connectivity index (χ1v) is 8.69. The molecule has 0 aliphatic carbocycles. The molecule has 2 aromatic carbocycles. The third-order valence-corrected chi connectivity index (χ3v) is 5.05. The highest BCUT2D eigenvalue weighted by molar-refractivity contribution is 8.18. The second-order valence-corrected chi connectivity index (χ2v) is 6.83. The van der Waals surface area contributed by atoms with Gasteiger partial charge in [0.25, 0.3) is 11.1 Å². The van der Waals surface area contributed by atoms with Crippen molar-refractivity contribution in [3.63, 3.8) is 0 Å². The van der Waals surface area contributed by atoms with E-state index < -0.39 is 0 Å². The van der Waals surface area contributed by atoms with E-state index in [1.165, 1.54) is 13.1 Å². The average molecular weight is 363 g/mol. The average Bonchev–Trinajstić information content (AvgIpc) is 2.89. The highest BCUT2D eigenvalue weighted by Crippen LogP contribution is 2.31. The van der Waals surface area contributed by atoms with Crippen LogP contribution in [0.3, 0.4) is 0 Å². The summed E-state index contributed by atoms with van der Waals surface area (Å²) in [5, 5.41) is 0.238. The minimum atomic E-state index is -0.317. The van der Waals surface area contributed by atoms with Crippen molar-refractivity contribution in [2.24, 2.45) is 0 Å². The molecular weight excluding hydrogens is 350 g/mol. The van der Waals surface area contributed by atoms with Crippen molar-refractivity contribution in [3.8, 4) is 11.3 Å². The minimum absolute atomic E-state index is 0.112. The van der Waals surface area contributed by atoms with E-state index in [1.807, 2.05) is 30.3 Å². The molecule has 0 spiro atoms. The van der Waals surface area contributed by atoms with Gasteiger partial charge in [-0.2, -0.15) is 0 Å². The second-order valence-electron chi connectivity index (χ2n) is 5.84. The number of nitrogens with zero attached hydrogens (tertiary/aromatic N) is 1. The van der Waals surface area contributed by atoms with Gasteiger partial charge in [-0.15, -0.1) is 0 Å². The van der Waals surface area contributed by atoms with Crippen molar-refractivity contribution in [2.75, 3.05) is 7.05 Å². The first-order chi connectivity index (χ1) is 12.5. The van der Waals surface area contributed by atoms with Crippen LogP contribution in [0.1, 0.15) is 5.56 Å². The summed E-state index contributed by atoms with van der Waals surface area (Å²) in [6.07, 6.45) is 1.66. The zero-order valence-electron chi connectivity index (χ0n) is 13.8. The Morgan fingerprint density at radius 1 is 1.00 bits per heavy atom. The number of likely N-dealkylation sites (N-methyl/N-ethyl adjacent to an activating group) is 1. The number of carbonyl (C=O) groups excluding carboxylic acids is 2. The van der Waals surface area contributed by atoms with Gasteiger partial charge in [-0.05, 0) is 41.6 Å². The summed E-state index contributed by atoms with van der Waals surface area (Å²) in [4.78, 5) is 37.4. The van der Waals surface area contributed by atoms with Crippen molar-refractivity contribution < 1.29 is 14.0 Å². The fraction of sp³-hybridized carbons (Fsp3) is 0.0500. The molecule has 1 fully saturated rings. The fourth-order valence-corrected chi connectivity index (χ4v) is 3.55. The van der Waals surface area contributed by atoms with Crippen molar-refractivity contribution in [2.45, 2.75) is 0 Å². The van der Waals surface area contributed by atoms with Crippen LogP contribution in [-0.2, 0) is 4.79 Å². The first kappa shape index (κ1) is 16.4. The molecule has 0 atom stereocenters. The molecule has 1 aliphatic rings. The summed E-state index contributed by atoms with van der Waals surface area (Å²) >= 11 is 0.908. The molecule has 3 aromatic rings. The molecule has 5 nitrogen and oxygen atoms in total. The van der Waals surface area contributed by atoms with Crippen LogP contribution in [-0.4, -0.2) is 23.1 Å². The number of rotatable bonds is 2. The van der Waals surface area contributed by atoms with Crippen LogP contribution >= 0.6 is 11.8 Å². The summed E-state index contributed by atoms with van der Waals surface area (Å²) in [7, 11) is 1.46. The second kappa shape index (κ2) is 6.31. The van der Waals surface area contributed by atoms with Crippen molar-refractivity contribution in [1.82, 2.24) is 4.90 Å². The molecule has 2 heterocycles. The molecule has 0 unspecified atom stereocenters. The molecule has 26 heavy (non-hydrogen) atoms. The van der Waals surface area contributed by atoms with Crippen LogP contribution in [0.2, 0.25) is 0 Å². The van der Waals surface area contributed by atoms with Crippen molar-refractivity contribution in [1.29, 1.82) is 0 Å². The van der Waals surface area contributed by atoms with E-state index in [0.717, 1.165) is 27.8 Å². The Labute approximate surface area is 152 Å². The van der Waals surface area contributed by atoms with Crippen LogP contribution < -0.4 is 5.43 Å². The zero-order chi connectivity index (χ0) is 18.3. The Kier molecular flexibility index (Phi) is 3.97. The molecule has 2 amide bonds. The maximum Gasteiger partial charge on any atom is 0.293 e. The summed E-state index contributed by atoms with van der Waals surface area (Å²) < 4.78 is 5.85. The number of benzene rings is 2. The van der Waals surface area contributed by atoms with Gasteiger partial charge in [0.05, 0.1) is 10.3 Å². The zero-order valence-corrected chi connectivity index (χ0v) is 14.6. The predicted octanol–water partition coefficient (Wildman–Crippen LogP) is 4.13. The minimum Gasteiger partial charge on any atom is -0.456 e. The van der Waals surface area contributed by atoms with Gasteiger partial charge in [-0.25, -0.2) is 0 Å². The number of thioether (sulfide) groups is 1. The van der Waals surface area contributed by atoms with E-state index in [2.05, 4.69) is 0 Å². The highest BCUT2D eigenvalue weighted by Gasteiger charge is 2.31. The van der Waals surface area contributed by atoms with Gasteiger partial charge in [-0.3, -0.25) is 19.3 Å². The lowest BCUT2D eigenvalue weighted by molar-refractivity contribution is -0.121. The number of fused-ring (bicyclic) bond motifs is 1. The Morgan fingerprint density at radius 2 is 1.81 bits per heavy atom. The number of hydrogen-bond acceptors (Lipinski definition) is 5. The van der Waals surface area contributed by atoms with Gasteiger partial charge in [0.1, 0.15) is 11.3 Å². The summed E-state index contributed by atoms with van der Waals surface area (Å²) in [5.41, 5.74) is 1.88. The summed E-state index contributed by atoms with van der Waals surface area (Å²) in [6.45, 7) is 0. The lowest BCUT2D eigenvalue weighted by Gasteiger charge is -2.05. The quantitative estimate of drug-likeness (QED) is 0.641. The van der Waals surface area contributed by atoms with E-state index in [-0.39, 0.29) is 16.6 Å². The van der Waals surface area contributed by atoms with E-state index in [0.29, 0.717) is 21.6 Å². The van der Waals surface area contributed by atoms with Gasteiger partial charge in [0.2, 0.25) is 0 Å². The number of imide groups is 1. The fourth-order valence-electron chi connectivity index (χ4n) is 2.72. The summed E-state index contributed by atoms with van der Waals surface area (Å²) in [6, 6.07) is 15.8. The molecule has 1 saturated heterocycles. The summed E-state index contributed by atoms with van der Waals surface area (Å²) in [5.74, 6) is 0.134. The van der Waals surface area contributed by atoms with Crippen molar-refractivity contribution in [3.05, 3.63) is 75.3 Å². The molecule has 4 rings (SSSR count). The highest BCUT2D eigenvalue weighted by atomic mass is 32.2. The molecule has 0 saturated carbocycles. The molecule has 1 aliphatic heterocycles. The van der Waals surface area contributed by atoms with Crippen LogP contribution in [0.5, 0.6) is 0 Å². The number of hydrogen-bond donors (Lipinski definition) is 0. The van der Waals surface area contributed by atoms with Gasteiger partial charge in [-0.1, -0.05) is 30.3 Å². The topological polar surface area (TPSA) is 67.6 Å². The van der Waals surface area contributed by atoms with Gasteiger partial charge < -0.3 is 4.42 Å². The number of amides is 2. The molecule has 0 N–H and O–H groups in total. The monoisotopic (exact) mass is 363 g/mol. The maximum absolute atomic E-state index is 12.3. The molecule has 128 valence electrons. The SMILES string of the molecule is CN1C(=O)S/C(=C/c2cccc(-c3cc(=O)c4ccccc4o3)c2)C1=O. The van der Waals surface area contributed by atoms with Crippen LogP contribution in [0.15, 0.2) is 68.7 Å². The maximum atomic E-state index is 12.3. The van der Waals surface area contributed by atoms with E-state index in [1.54, 1.807) is 24.3 Å². The Hall–Kier alpha value is -3.12. The number of para-hydroxylation sites is 1. The van der Waals surface area contributed by atoms with Crippen LogP contribution in [0.25, 0.3) is 28.4 Å². The molecule has 0 radical (unpaired) electrons. The predicted molar refractivity (Wildman–Crippen MR) is 102 cm³/mol. The lowest BCUT2D eigenvalue weighted by Crippen LogP contribution is -2.22. The van der Waals surface area contributed by atoms with Crippen LogP contribution in [0, 0.1) is 0 Å². The Morgan fingerprint density at radius 3 is 2.58 bits per heavy atom. The number of carbonyl (C=O) groups is 2. The van der Waals surface area contributed by atoms with E-state index >= 15 is 0 Å². The molecule has 1 aromatic heterocycles. The third-order valence-electron chi connectivity index (χ3n) is 4.09. The van der Waals surface area contributed by atoms with E-state index in [4.69, 9.17) is 4.42 Å². The molecular formula is C20H13NO4S. The third kappa shape index (κ3) is 2.84. The smallest absolute Gasteiger partial charge is 0.293 e. The first-order valence-electron chi connectivity index (χ1n) is 7.88. The van der Waals surface area contributed by atoms with Crippen molar-refractivity contribution >= 4 is 40.0 Å². The van der Waals surface area contributed by atoms with E-state index in [9.17, 15) is 14.4 Å². The largest absolute Gasteiger partial charge is 0.456 e. The van der Waals surface area contributed by atoms with Gasteiger partial charge in [0, 0.05) is 18.7 Å². The Balaban J connectivity index is 1.76. The van der Waals surface area contributed by atoms with Gasteiger partial charge in [0.15, 0.2) is 5.43 Å². The van der Waals surface area contributed by atoms with Gasteiger partial charge >= 0.3 is 0 Å². The lowest BCUT2D eigenvalue weighted by atomic mass is 10.1.